The van der Waals surface area contributed by atoms with Gasteiger partial charge in [0.25, 0.3) is 0 Å². The molecule has 0 spiro atoms. The molecule has 1 aromatic heterocycles. The molecule has 5 nitrogen and oxygen atoms in total. The third-order valence-corrected chi connectivity index (χ3v) is 2.96. The minimum absolute atomic E-state index is 0.366. The van der Waals surface area contributed by atoms with Crippen molar-refractivity contribution in [1.82, 2.24) is 4.98 Å². The molecule has 16 heavy (non-hydrogen) atoms. The van der Waals surface area contributed by atoms with Crippen LogP contribution in [0.4, 0.5) is 5.13 Å². The zero-order valence-corrected chi connectivity index (χ0v) is 9.63. The molecule has 0 bridgehead atoms. The van der Waals surface area contributed by atoms with Crippen molar-refractivity contribution in [1.29, 1.82) is 0 Å². The molecule has 2 rings (SSSR count). The Bertz CT molecular complexity index is 550. The summed E-state index contributed by atoms with van der Waals surface area (Å²) >= 11 is 1.30. The molecule has 2 N–H and O–H groups in total. The summed E-state index contributed by atoms with van der Waals surface area (Å²) in [5, 5.41) is 0.411. The largest absolute Gasteiger partial charge is 0.497 e. The number of ether oxygens (including phenoxy) is 2. The van der Waals surface area contributed by atoms with E-state index in [1.807, 2.05) is 0 Å². The Morgan fingerprint density at radius 1 is 1.44 bits per heavy atom. The van der Waals surface area contributed by atoms with E-state index in [0.717, 1.165) is 4.70 Å². The number of nitrogens with zero attached hydrogens (tertiary/aromatic N) is 1. The predicted octanol–water partition coefficient (Wildman–Crippen LogP) is 1.67. The fraction of sp³-hybridized carbons (Fsp3) is 0.200. The minimum atomic E-state index is -0.450. The Morgan fingerprint density at radius 2 is 2.19 bits per heavy atom. The summed E-state index contributed by atoms with van der Waals surface area (Å²) in [4.78, 5) is 15.6. The van der Waals surface area contributed by atoms with Crippen molar-refractivity contribution in [3.8, 4) is 5.75 Å². The number of fused-ring (bicyclic) bond motifs is 1. The zero-order valence-electron chi connectivity index (χ0n) is 8.81. The number of aromatic nitrogens is 1. The average Bonchev–Trinajstić information content (AvgIpc) is 2.66. The van der Waals surface area contributed by atoms with Crippen LogP contribution in [0.3, 0.4) is 0 Å². The Labute approximate surface area is 95.8 Å². The van der Waals surface area contributed by atoms with Crippen molar-refractivity contribution >= 4 is 32.7 Å². The van der Waals surface area contributed by atoms with Gasteiger partial charge in [-0.1, -0.05) is 11.3 Å². The third kappa shape index (κ3) is 1.67. The van der Waals surface area contributed by atoms with E-state index in [0.29, 0.717) is 22.0 Å². The fourth-order valence-corrected chi connectivity index (χ4v) is 2.19. The van der Waals surface area contributed by atoms with Crippen molar-refractivity contribution in [3.63, 3.8) is 0 Å². The number of nitrogen functional groups attached to an aromatic ring is 1. The van der Waals surface area contributed by atoms with Gasteiger partial charge in [0.2, 0.25) is 0 Å². The van der Waals surface area contributed by atoms with E-state index in [1.165, 1.54) is 25.6 Å². The average molecular weight is 238 g/mol. The lowest BCUT2D eigenvalue weighted by molar-refractivity contribution is 0.0602. The number of carbonyl (C=O) groups is 1. The van der Waals surface area contributed by atoms with Gasteiger partial charge in [-0.3, -0.25) is 0 Å². The van der Waals surface area contributed by atoms with Gasteiger partial charge in [-0.25, -0.2) is 9.78 Å². The lowest BCUT2D eigenvalue weighted by Crippen LogP contribution is -2.02. The van der Waals surface area contributed by atoms with Gasteiger partial charge in [-0.2, -0.15) is 0 Å². The number of carbonyl (C=O) groups excluding carboxylic acids is 1. The summed E-state index contributed by atoms with van der Waals surface area (Å²) in [7, 11) is 2.86. The van der Waals surface area contributed by atoms with E-state index >= 15 is 0 Å². The van der Waals surface area contributed by atoms with E-state index in [1.54, 1.807) is 12.1 Å². The first-order chi connectivity index (χ1) is 7.65. The molecule has 1 heterocycles. The number of thiazole rings is 1. The van der Waals surface area contributed by atoms with Gasteiger partial charge in [0.1, 0.15) is 5.75 Å². The summed E-state index contributed by atoms with van der Waals surface area (Å²) in [6, 6.07) is 3.38. The number of benzene rings is 1. The van der Waals surface area contributed by atoms with Crippen LogP contribution in [0.5, 0.6) is 5.75 Å². The maximum atomic E-state index is 11.6. The summed E-state index contributed by atoms with van der Waals surface area (Å²) in [5.41, 5.74) is 6.52. The topological polar surface area (TPSA) is 74.4 Å². The second kappa shape index (κ2) is 3.97. The molecule has 0 aliphatic heterocycles. The zero-order chi connectivity index (χ0) is 11.7. The molecule has 2 aromatic rings. The third-order valence-electron chi connectivity index (χ3n) is 2.13. The highest BCUT2D eigenvalue weighted by atomic mass is 32.1. The van der Waals surface area contributed by atoms with E-state index in [4.69, 9.17) is 10.5 Å². The summed E-state index contributed by atoms with van der Waals surface area (Å²) < 4.78 is 10.6. The lowest BCUT2D eigenvalue weighted by Gasteiger charge is -2.03. The van der Waals surface area contributed by atoms with E-state index < -0.39 is 5.97 Å². The number of hydrogen-bond acceptors (Lipinski definition) is 6. The first-order valence-electron chi connectivity index (χ1n) is 4.48. The number of hydrogen-bond donors (Lipinski definition) is 1. The molecule has 0 aliphatic rings. The first kappa shape index (κ1) is 10.7. The normalized spacial score (nSPS) is 10.4. The van der Waals surface area contributed by atoms with Gasteiger partial charge in [-0.15, -0.1) is 0 Å². The Hall–Kier alpha value is -1.82. The number of esters is 1. The molecular formula is C10H10N2O3S. The Balaban J connectivity index is 2.72. The van der Waals surface area contributed by atoms with Crippen molar-refractivity contribution in [2.75, 3.05) is 20.0 Å². The van der Waals surface area contributed by atoms with Crippen LogP contribution >= 0.6 is 11.3 Å². The lowest BCUT2D eigenvalue weighted by atomic mass is 10.2. The first-order valence-corrected chi connectivity index (χ1v) is 5.29. The van der Waals surface area contributed by atoms with Crippen LogP contribution < -0.4 is 10.5 Å². The molecule has 0 amide bonds. The molecule has 0 unspecified atom stereocenters. The number of methoxy groups -OCH3 is 2. The molecule has 0 radical (unpaired) electrons. The van der Waals surface area contributed by atoms with Crippen LogP contribution in [0.2, 0.25) is 0 Å². The van der Waals surface area contributed by atoms with Crippen LogP contribution in [0.1, 0.15) is 10.4 Å². The van der Waals surface area contributed by atoms with Gasteiger partial charge in [-0.05, 0) is 12.1 Å². The van der Waals surface area contributed by atoms with E-state index in [9.17, 15) is 4.79 Å². The van der Waals surface area contributed by atoms with Crippen molar-refractivity contribution in [3.05, 3.63) is 17.7 Å². The maximum absolute atomic E-state index is 11.6. The van der Waals surface area contributed by atoms with Crippen LogP contribution in [0, 0.1) is 0 Å². The van der Waals surface area contributed by atoms with Crippen molar-refractivity contribution in [2.45, 2.75) is 0 Å². The highest BCUT2D eigenvalue weighted by molar-refractivity contribution is 7.22. The summed E-state index contributed by atoms with van der Waals surface area (Å²) in [6.07, 6.45) is 0. The fourth-order valence-electron chi connectivity index (χ4n) is 1.40. The number of rotatable bonds is 2. The molecular weight excluding hydrogens is 228 g/mol. The Kier molecular flexibility index (Phi) is 2.66. The van der Waals surface area contributed by atoms with E-state index in [2.05, 4.69) is 9.72 Å². The quantitative estimate of drug-likeness (QED) is 0.805. The van der Waals surface area contributed by atoms with Crippen molar-refractivity contribution in [2.24, 2.45) is 0 Å². The van der Waals surface area contributed by atoms with E-state index in [-0.39, 0.29) is 0 Å². The molecule has 6 heteroatoms. The summed E-state index contributed by atoms with van der Waals surface area (Å²) in [6.45, 7) is 0. The monoisotopic (exact) mass is 238 g/mol. The molecule has 0 aliphatic carbocycles. The second-order valence-corrected chi connectivity index (χ2v) is 4.13. The van der Waals surface area contributed by atoms with Gasteiger partial charge >= 0.3 is 5.97 Å². The van der Waals surface area contributed by atoms with Crippen LogP contribution in [-0.4, -0.2) is 25.2 Å². The smallest absolute Gasteiger partial charge is 0.340 e. The van der Waals surface area contributed by atoms with Gasteiger partial charge < -0.3 is 15.2 Å². The predicted molar refractivity (Wildman–Crippen MR) is 61.9 cm³/mol. The number of anilines is 1. The molecule has 0 atom stereocenters. The number of nitrogens with two attached hydrogens (primary N) is 1. The summed E-state index contributed by atoms with van der Waals surface area (Å²) in [5.74, 6) is 0.130. The highest BCUT2D eigenvalue weighted by Crippen LogP contribution is 2.31. The SMILES string of the molecule is COC(=O)c1cc(OC)cc2sc(N)nc12. The Morgan fingerprint density at radius 3 is 2.81 bits per heavy atom. The standard InChI is InChI=1S/C10H10N2O3S/c1-14-5-3-6(9(13)15-2)8-7(4-5)16-10(11)12-8/h3-4H,1-2H3,(H2,11,12). The molecule has 0 saturated heterocycles. The van der Waals surface area contributed by atoms with Gasteiger partial charge in [0.15, 0.2) is 5.13 Å². The van der Waals surface area contributed by atoms with Crippen LogP contribution in [0.25, 0.3) is 10.2 Å². The van der Waals surface area contributed by atoms with Crippen LogP contribution in [0.15, 0.2) is 12.1 Å². The molecule has 0 saturated carbocycles. The molecule has 84 valence electrons. The maximum Gasteiger partial charge on any atom is 0.340 e. The van der Waals surface area contributed by atoms with Crippen LogP contribution in [-0.2, 0) is 4.74 Å². The van der Waals surface area contributed by atoms with Gasteiger partial charge in [0.05, 0.1) is 30.0 Å². The second-order valence-electron chi connectivity index (χ2n) is 3.07. The molecule has 0 fully saturated rings. The van der Waals surface area contributed by atoms with Crippen molar-refractivity contribution < 1.29 is 14.3 Å². The van der Waals surface area contributed by atoms with Gasteiger partial charge in [0, 0.05) is 0 Å². The molecule has 1 aromatic carbocycles. The minimum Gasteiger partial charge on any atom is -0.497 e. The highest BCUT2D eigenvalue weighted by Gasteiger charge is 2.16.